The predicted molar refractivity (Wildman–Crippen MR) is 75.7 cm³/mol. The largest absolute Gasteiger partial charge is 0.481 e. The van der Waals surface area contributed by atoms with Gasteiger partial charge in [-0.1, -0.05) is 13.8 Å². The fourth-order valence-corrected chi connectivity index (χ4v) is 2.84. The fourth-order valence-electron chi connectivity index (χ4n) is 2.84. The molecule has 0 aromatic carbocycles. The van der Waals surface area contributed by atoms with Gasteiger partial charge in [0.15, 0.2) is 5.82 Å². The van der Waals surface area contributed by atoms with Crippen LogP contribution in [0, 0.1) is 11.8 Å². The average molecular weight is 296 g/mol. The van der Waals surface area contributed by atoms with Gasteiger partial charge in [-0.25, -0.2) is 4.68 Å². The first kappa shape index (κ1) is 15.9. The summed E-state index contributed by atoms with van der Waals surface area (Å²) < 4.78 is 7.22. The van der Waals surface area contributed by atoms with E-state index in [1.54, 1.807) is 11.8 Å². The lowest BCUT2D eigenvalue weighted by molar-refractivity contribution is -0.142. The molecule has 1 aromatic heterocycles. The third-order valence-electron chi connectivity index (χ3n) is 4.28. The van der Waals surface area contributed by atoms with E-state index in [9.17, 15) is 9.90 Å². The van der Waals surface area contributed by atoms with Crippen LogP contribution >= 0.6 is 0 Å². The molecule has 1 aromatic rings. The van der Waals surface area contributed by atoms with Crippen molar-refractivity contribution in [3.63, 3.8) is 0 Å². The lowest BCUT2D eigenvalue weighted by Crippen LogP contribution is -2.42. The molecular formula is C14H24N4O3. The Balaban J connectivity index is 2.06. The van der Waals surface area contributed by atoms with Gasteiger partial charge in [-0.3, -0.25) is 4.79 Å². The van der Waals surface area contributed by atoms with Crippen LogP contribution in [0.1, 0.15) is 45.4 Å². The van der Waals surface area contributed by atoms with Crippen LogP contribution in [0.4, 0.5) is 0 Å². The summed E-state index contributed by atoms with van der Waals surface area (Å²) in [7, 11) is 1.71. The molecule has 1 fully saturated rings. The molecule has 0 spiro atoms. The van der Waals surface area contributed by atoms with Crippen molar-refractivity contribution in [2.75, 3.05) is 7.11 Å². The van der Waals surface area contributed by atoms with E-state index in [0.29, 0.717) is 31.1 Å². The van der Waals surface area contributed by atoms with Crippen molar-refractivity contribution in [1.82, 2.24) is 20.2 Å². The summed E-state index contributed by atoms with van der Waals surface area (Å²) in [5, 5.41) is 21.1. The molecule has 1 aliphatic rings. The second-order valence-corrected chi connectivity index (χ2v) is 6.36. The summed E-state index contributed by atoms with van der Waals surface area (Å²) in [4.78, 5) is 11.4. The molecule has 0 bridgehead atoms. The van der Waals surface area contributed by atoms with Gasteiger partial charge in [-0.05, 0) is 42.0 Å². The number of aliphatic carboxylic acids is 1. The van der Waals surface area contributed by atoms with E-state index in [1.807, 2.05) is 13.8 Å². The maximum atomic E-state index is 11.4. The maximum absolute atomic E-state index is 11.4. The second-order valence-electron chi connectivity index (χ2n) is 6.36. The summed E-state index contributed by atoms with van der Waals surface area (Å²) in [5.74, 6) is -0.225. The second kappa shape index (κ2) is 6.51. The highest BCUT2D eigenvalue weighted by molar-refractivity contribution is 5.69. The van der Waals surface area contributed by atoms with Gasteiger partial charge >= 0.3 is 5.97 Å². The molecule has 118 valence electrons. The van der Waals surface area contributed by atoms with Crippen molar-refractivity contribution in [3.8, 4) is 0 Å². The number of carbonyl (C=O) groups is 1. The van der Waals surface area contributed by atoms with Crippen molar-refractivity contribution in [1.29, 1.82) is 0 Å². The highest BCUT2D eigenvalue weighted by Gasteiger charge is 2.39. The minimum Gasteiger partial charge on any atom is -0.481 e. The van der Waals surface area contributed by atoms with Crippen molar-refractivity contribution < 1.29 is 14.6 Å². The molecule has 21 heavy (non-hydrogen) atoms. The third-order valence-corrected chi connectivity index (χ3v) is 4.28. The van der Waals surface area contributed by atoms with E-state index in [1.165, 1.54) is 0 Å². The van der Waals surface area contributed by atoms with Gasteiger partial charge in [0.05, 0.1) is 18.1 Å². The Morgan fingerprint density at radius 3 is 2.67 bits per heavy atom. The van der Waals surface area contributed by atoms with Crippen LogP contribution in [0.3, 0.4) is 0 Å². The third kappa shape index (κ3) is 3.78. The number of carboxylic acid groups (broad SMARTS) is 1. The summed E-state index contributed by atoms with van der Waals surface area (Å²) in [6.45, 7) is 4.35. The number of tetrazole rings is 1. The van der Waals surface area contributed by atoms with Crippen LogP contribution < -0.4 is 0 Å². The summed E-state index contributed by atoms with van der Waals surface area (Å²) in [6, 6.07) is 0. The first-order chi connectivity index (χ1) is 9.96. The molecular weight excluding hydrogens is 272 g/mol. The van der Waals surface area contributed by atoms with E-state index >= 15 is 0 Å². The van der Waals surface area contributed by atoms with Gasteiger partial charge in [0.2, 0.25) is 0 Å². The van der Waals surface area contributed by atoms with Gasteiger partial charge in [-0.15, -0.1) is 5.10 Å². The highest BCUT2D eigenvalue weighted by atomic mass is 16.5. The van der Waals surface area contributed by atoms with Crippen LogP contribution in [0.25, 0.3) is 0 Å². The SMILES string of the molecule is COC1(Cc2nnnn2CC(CC(C)C)C(=O)O)CCC1. The zero-order chi connectivity index (χ0) is 15.5. The topological polar surface area (TPSA) is 90.1 Å². The van der Waals surface area contributed by atoms with E-state index < -0.39 is 11.9 Å². The first-order valence-electron chi connectivity index (χ1n) is 7.49. The van der Waals surface area contributed by atoms with Crippen LogP contribution in [-0.4, -0.2) is 44.0 Å². The molecule has 7 heteroatoms. The van der Waals surface area contributed by atoms with Gasteiger partial charge in [0.1, 0.15) is 0 Å². The standard InChI is InChI=1S/C14H24N4O3/c1-10(2)7-11(13(19)20)9-18-12(15-16-17-18)8-14(21-3)5-4-6-14/h10-11H,4-9H2,1-3H3,(H,19,20). The van der Waals surface area contributed by atoms with Crippen LogP contribution in [0.2, 0.25) is 0 Å². The number of methoxy groups -OCH3 is 1. The van der Waals surface area contributed by atoms with Gasteiger partial charge in [0.25, 0.3) is 0 Å². The molecule has 1 N–H and O–H groups in total. The fraction of sp³-hybridized carbons (Fsp3) is 0.857. The minimum absolute atomic E-state index is 0.163. The van der Waals surface area contributed by atoms with Crippen LogP contribution in [0.5, 0.6) is 0 Å². The van der Waals surface area contributed by atoms with Gasteiger partial charge in [0, 0.05) is 13.5 Å². The number of nitrogens with zero attached hydrogens (tertiary/aromatic N) is 4. The number of ether oxygens (including phenoxy) is 1. The lowest BCUT2D eigenvalue weighted by atomic mass is 9.77. The molecule has 1 aliphatic carbocycles. The number of aromatic nitrogens is 4. The van der Waals surface area contributed by atoms with E-state index in [4.69, 9.17) is 4.74 Å². The minimum atomic E-state index is -0.796. The van der Waals surface area contributed by atoms with Crippen molar-refractivity contribution >= 4 is 5.97 Å². The Morgan fingerprint density at radius 2 is 2.19 bits per heavy atom. The molecule has 0 amide bonds. The van der Waals surface area contributed by atoms with E-state index in [2.05, 4.69) is 15.5 Å². The Kier molecular flexibility index (Phi) is 4.92. The molecule has 1 saturated carbocycles. The maximum Gasteiger partial charge on any atom is 0.308 e. The summed E-state index contributed by atoms with van der Waals surface area (Å²) in [5.41, 5.74) is -0.163. The number of hydrogen-bond donors (Lipinski definition) is 1. The molecule has 7 nitrogen and oxygen atoms in total. The average Bonchev–Trinajstić information content (AvgIpc) is 2.79. The molecule has 1 heterocycles. The number of hydrogen-bond acceptors (Lipinski definition) is 5. The molecule has 0 radical (unpaired) electrons. The lowest BCUT2D eigenvalue weighted by Gasteiger charge is -2.40. The molecule has 2 rings (SSSR count). The molecule has 0 saturated heterocycles. The zero-order valence-corrected chi connectivity index (χ0v) is 12.9. The highest BCUT2D eigenvalue weighted by Crippen LogP contribution is 2.37. The summed E-state index contributed by atoms with van der Waals surface area (Å²) in [6.07, 6.45) is 4.42. The summed E-state index contributed by atoms with van der Waals surface area (Å²) >= 11 is 0. The van der Waals surface area contributed by atoms with Gasteiger partial charge < -0.3 is 9.84 Å². The monoisotopic (exact) mass is 296 g/mol. The quantitative estimate of drug-likeness (QED) is 0.782. The zero-order valence-electron chi connectivity index (χ0n) is 12.9. The number of carboxylic acids is 1. The van der Waals surface area contributed by atoms with Crippen LogP contribution in [0.15, 0.2) is 0 Å². The Bertz CT molecular complexity index is 477. The molecule has 1 atom stereocenters. The van der Waals surface area contributed by atoms with E-state index in [0.717, 1.165) is 19.3 Å². The van der Waals surface area contributed by atoms with E-state index in [-0.39, 0.29) is 5.60 Å². The van der Waals surface area contributed by atoms with Gasteiger partial charge in [-0.2, -0.15) is 0 Å². The van der Waals surface area contributed by atoms with Crippen molar-refractivity contribution in [2.45, 2.75) is 58.1 Å². The van der Waals surface area contributed by atoms with Crippen LogP contribution in [-0.2, 0) is 22.5 Å². The van der Waals surface area contributed by atoms with Crippen molar-refractivity contribution in [2.24, 2.45) is 11.8 Å². The Hall–Kier alpha value is -1.50. The predicted octanol–water partition coefficient (Wildman–Crippen LogP) is 1.53. The Morgan fingerprint density at radius 1 is 1.48 bits per heavy atom. The normalized spacial score (nSPS) is 18.5. The van der Waals surface area contributed by atoms with Crippen molar-refractivity contribution in [3.05, 3.63) is 5.82 Å². The molecule has 1 unspecified atom stereocenters. The smallest absolute Gasteiger partial charge is 0.308 e. The Labute approximate surface area is 124 Å². The number of rotatable bonds is 8. The molecule has 0 aliphatic heterocycles. The first-order valence-corrected chi connectivity index (χ1v) is 7.49.